The number of nitrogen functional groups attached to an aromatic ring is 1. The third kappa shape index (κ3) is 21.6. The van der Waals surface area contributed by atoms with E-state index in [-0.39, 0.29) is 23.7 Å². The normalized spacial score (nSPS) is 13.6. The number of nitrogens with one attached hydrogen (secondary N) is 4. The van der Waals surface area contributed by atoms with E-state index in [9.17, 15) is 22.4 Å². The van der Waals surface area contributed by atoms with Crippen molar-refractivity contribution in [3.63, 3.8) is 0 Å². The summed E-state index contributed by atoms with van der Waals surface area (Å²) in [7, 11) is 14.4. The monoisotopic (exact) mass is 1670 g/mol. The summed E-state index contributed by atoms with van der Waals surface area (Å²) >= 11 is 6.46. The van der Waals surface area contributed by atoms with E-state index in [2.05, 4.69) is 102 Å². The Morgan fingerprint density at radius 2 is 1.07 bits per heavy atom. The number of fused-ring (bicyclic) bond motifs is 3. The fourth-order valence-electron chi connectivity index (χ4n) is 11.5. The molecule has 15 rings (SSSR count). The molecule has 2 fully saturated rings. The molecule has 0 radical (unpaired) electrons. The lowest BCUT2D eigenvalue weighted by molar-refractivity contribution is -0.0366. The highest BCUT2D eigenvalue weighted by Crippen LogP contribution is 2.38. The van der Waals surface area contributed by atoms with Crippen LogP contribution in [0.1, 0.15) is 67.9 Å². The second-order valence-electron chi connectivity index (χ2n) is 25.4. The van der Waals surface area contributed by atoms with Crippen LogP contribution in [0.2, 0.25) is 0 Å². The van der Waals surface area contributed by atoms with Crippen LogP contribution in [0.25, 0.3) is 66.9 Å². The Balaban J connectivity index is 0.000000162. The predicted molar refractivity (Wildman–Crippen MR) is 427 cm³/mol. The van der Waals surface area contributed by atoms with Crippen LogP contribution in [0.3, 0.4) is 0 Å². The van der Waals surface area contributed by atoms with Gasteiger partial charge in [-0.3, -0.25) is 14.9 Å². The fraction of sp³-hybridized carbons (Fsp3) is 0.269. The topological polar surface area (TPSA) is 308 Å². The van der Waals surface area contributed by atoms with Crippen molar-refractivity contribution in [3.05, 3.63) is 217 Å². The first-order valence-electron chi connectivity index (χ1n) is 34.8. The van der Waals surface area contributed by atoms with Crippen LogP contribution in [0.15, 0.2) is 171 Å². The Labute approximate surface area is 656 Å². The van der Waals surface area contributed by atoms with Crippen LogP contribution >= 0.6 is 31.9 Å². The molecule has 2 unspecified atom stereocenters. The van der Waals surface area contributed by atoms with E-state index in [1.54, 1.807) is 51.4 Å². The number of H-pyrrole nitrogens is 2. The summed E-state index contributed by atoms with van der Waals surface area (Å²) in [6.07, 6.45) is 6.18. The third-order valence-electron chi connectivity index (χ3n) is 16.9. The zero-order valence-electron chi connectivity index (χ0n) is 62.0. The largest absolute Gasteiger partial charge is 0.497 e. The van der Waals surface area contributed by atoms with Crippen molar-refractivity contribution in [3.8, 4) is 57.4 Å². The highest BCUT2D eigenvalue weighted by atomic mass is 79.9. The summed E-state index contributed by atoms with van der Waals surface area (Å²) in [4.78, 5) is 41.1. The number of hydrogen-bond donors (Lipinski definition) is 5. The Morgan fingerprint density at radius 3 is 1.54 bits per heavy atom. The van der Waals surface area contributed by atoms with Crippen molar-refractivity contribution in [2.24, 2.45) is 0 Å². The maximum Gasteiger partial charge on any atom is 0.335 e. The molecule has 0 aliphatic carbocycles. The van der Waals surface area contributed by atoms with Crippen LogP contribution in [-0.2, 0) is 34.3 Å². The Hall–Kier alpha value is -11.2. The van der Waals surface area contributed by atoms with Crippen molar-refractivity contribution in [2.75, 3.05) is 90.6 Å². The Bertz CT molecular complexity index is 5350. The number of hydrogen-bond acceptors (Lipinski definition) is 22. The van der Waals surface area contributed by atoms with Gasteiger partial charge in [0.25, 0.3) is 5.56 Å². The molecule has 0 saturated carbocycles. The molecular formula is C78H81Br2F4N17O9S. The number of rotatable bonds is 17. The number of ether oxygens (including phenoxy) is 6. The number of nitrogens with zero attached hydrogens (tertiary/aromatic N) is 12. The first-order chi connectivity index (χ1) is 53.6. The fourth-order valence-corrected chi connectivity index (χ4v) is 12.2. The average Bonchev–Trinajstić information content (AvgIpc) is 1.63. The standard InChI is InChI=1S/C26H28BrN5O3.C25H25BrN4O3.C19H16F2N6O.C6H5F2N.C2H7N.O2S/c1-31(2)26-28-21(15-23(29-26)35-16-17-7-10-19(33-3)11-8-17)25-20-14-18(27)9-12-22(20)32(30-25)24-6-4-5-13-34-24;1-16-27-21(14-23(28-16)33-15-17-6-9-19(31-2)10-7-17)25-20-13-18(26)8-11-22(20)30(29-25)24-5-3-4-12-32-24;1-27(2)19-23-15(9-16(28)24-19)17-11-8-10(6-7-14(11)25-26-17)22-18-12(20)4-3-5-13(18)21;7-4-2-1-3-5(8)6(4)9;2*1-3-2/h7-12,14-15,24H,4-6,13,16H2,1-3H3;6-11,13-14,24H,3-5,12,15H2,1-2H3;3-9,22H,1-2H3,(H,25,26)(H,23,24,28);1-3H,9H2;3H,1-2H3;. The zero-order chi connectivity index (χ0) is 79.3. The predicted octanol–water partition coefficient (Wildman–Crippen LogP) is 15.6. The molecule has 2 aliphatic heterocycles. The molecule has 6 aromatic heterocycles. The molecule has 13 aromatic rings. The molecule has 26 nitrogen and oxygen atoms in total. The lowest BCUT2D eigenvalue weighted by Crippen LogP contribution is -2.19. The average molecular weight is 1670 g/mol. The van der Waals surface area contributed by atoms with Gasteiger partial charge in [-0.15, -0.1) is 0 Å². The number of para-hydroxylation sites is 2. The van der Waals surface area contributed by atoms with Gasteiger partial charge in [-0.1, -0.05) is 68.3 Å². The number of aromatic amines is 2. The minimum Gasteiger partial charge on any atom is -0.497 e. The molecule has 33 heteroatoms. The van der Waals surface area contributed by atoms with E-state index in [0.29, 0.717) is 76.4 Å². The van der Waals surface area contributed by atoms with Crippen molar-refractivity contribution in [1.82, 2.24) is 65.0 Å². The SMILES string of the molecule is CN(C)c1nc(-c2n[nH]c3ccc(Nc4c(F)cccc4F)cc23)cc(=O)[nH]1.CNC.COc1ccc(COc2cc(-c3nn(C4CCCCO4)c4ccc(Br)cc34)nc(C)n2)cc1.COc1ccc(COc2cc(-c3nn(C4CCCCO4)c4ccc(Br)cc34)nc(N(C)C)n2)cc1.Nc1c(F)cccc1F.O=S=O. The second-order valence-corrected chi connectivity index (χ2v) is 27.3. The zero-order valence-corrected chi connectivity index (χ0v) is 66.0. The first-order valence-corrected chi connectivity index (χ1v) is 37.1. The van der Waals surface area contributed by atoms with Gasteiger partial charge in [0.05, 0.1) is 36.5 Å². The molecule has 7 aromatic carbocycles. The van der Waals surface area contributed by atoms with Crippen LogP contribution in [0.4, 0.5) is 46.5 Å². The molecule has 2 saturated heterocycles. The quantitative estimate of drug-likeness (QED) is 0.0418. The summed E-state index contributed by atoms with van der Waals surface area (Å²) < 4.78 is 109. The molecule has 111 heavy (non-hydrogen) atoms. The summed E-state index contributed by atoms with van der Waals surface area (Å²) in [5.74, 6) is 1.38. The lowest BCUT2D eigenvalue weighted by atomic mass is 10.1. The third-order valence-corrected chi connectivity index (χ3v) is 17.9. The second kappa shape index (κ2) is 39.4. The van der Waals surface area contributed by atoms with Crippen molar-refractivity contribution in [1.29, 1.82) is 0 Å². The summed E-state index contributed by atoms with van der Waals surface area (Å²) in [6, 6.07) is 45.2. The summed E-state index contributed by atoms with van der Waals surface area (Å²) in [5, 5.41) is 25.3. The highest BCUT2D eigenvalue weighted by molar-refractivity contribution is 9.10. The van der Waals surface area contributed by atoms with E-state index in [1.165, 1.54) is 30.3 Å². The van der Waals surface area contributed by atoms with Crippen LogP contribution in [-0.4, -0.2) is 138 Å². The van der Waals surface area contributed by atoms with Gasteiger partial charge < -0.3 is 54.6 Å². The van der Waals surface area contributed by atoms with Gasteiger partial charge in [0.15, 0.2) is 12.5 Å². The molecule has 0 amide bonds. The number of halogens is 6. The number of aromatic nitrogens is 12. The first kappa shape index (κ1) is 82.3. The van der Waals surface area contributed by atoms with Crippen molar-refractivity contribution < 1.29 is 54.4 Å². The van der Waals surface area contributed by atoms with E-state index >= 15 is 0 Å². The van der Waals surface area contributed by atoms with Gasteiger partial charge >= 0.3 is 11.6 Å². The number of aryl methyl sites for hydroxylation is 1. The van der Waals surface area contributed by atoms with Crippen LogP contribution in [0, 0.1) is 30.2 Å². The maximum absolute atomic E-state index is 13.9. The van der Waals surface area contributed by atoms with Crippen LogP contribution in [0.5, 0.6) is 23.3 Å². The van der Waals surface area contributed by atoms with Gasteiger partial charge in [0.1, 0.15) is 93.7 Å². The Kier molecular flexibility index (Phi) is 29.2. The van der Waals surface area contributed by atoms with Gasteiger partial charge in [-0.25, -0.2) is 41.9 Å². The molecule has 2 aliphatic rings. The molecule has 6 N–H and O–H groups in total. The van der Waals surface area contributed by atoms with Gasteiger partial charge in [0, 0.05) is 90.4 Å². The Morgan fingerprint density at radius 1 is 0.586 bits per heavy atom. The molecule has 0 bridgehead atoms. The minimum absolute atomic E-state index is 0.0649. The van der Waals surface area contributed by atoms with Crippen LogP contribution < -0.4 is 50.7 Å². The smallest absolute Gasteiger partial charge is 0.335 e. The van der Waals surface area contributed by atoms with Gasteiger partial charge in [-0.05, 0) is 174 Å². The lowest BCUT2D eigenvalue weighted by Gasteiger charge is -2.23. The summed E-state index contributed by atoms with van der Waals surface area (Å²) in [6.45, 7) is 4.15. The molecule has 0 spiro atoms. The van der Waals surface area contributed by atoms with E-state index in [1.807, 2.05) is 122 Å². The van der Waals surface area contributed by atoms with Crippen molar-refractivity contribution >= 4 is 105 Å². The maximum atomic E-state index is 13.9. The molecule has 8 heterocycles. The van der Waals surface area contributed by atoms with Gasteiger partial charge in [-0.2, -0.15) is 33.7 Å². The van der Waals surface area contributed by atoms with E-state index in [4.69, 9.17) is 57.8 Å². The molecular weight excluding hydrogens is 1590 g/mol. The number of benzene rings is 7. The molecule has 580 valence electrons. The number of nitrogens with two attached hydrogens (primary N) is 1. The van der Waals surface area contributed by atoms with Crippen molar-refractivity contribution in [2.45, 2.75) is 71.1 Å². The van der Waals surface area contributed by atoms with E-state index in [0.717, 1.165) is 134 Å². The van der Waals surface area contributed by atoms with E-state index < -0.39 is 40.5 Å². The number of methoxy groups -OCH3 is 2. The summed E-state index contributed by atoms with van der Waals surface area (Å²) in [5.41, 5.74) is 13.0. The molecule has 2 atom stereocenters. The van der Waals surface area contributed by atoms with Gasteiger partial charge in [0.2, 0.25) is 23.7 Å². The minimum atomic E-state index is -0.750. The number of anilines is 5. The highest BCUT2D eigenvalue weighted by Gasteiger charge is 2.26.